The number of rotatable bonds is 2. The van der Waals surface area contributed by atoms with E-state index in [2.05, 4.69) is 0 Å². The molecule has 5 heteroatoms. The maximum absolute atomic E-state index is 9.46. The second-order valence-corrected chi connectivity index (χ2v) is 4.52. The van der Waals surface area contributed by atoms with Gasteiger partial charge in [-0.05, 0) is 41.5 Å². The van der Waals surface area contributed by atoms with Crippen LogP contribution in [0.1, 0.15) is 11.1 Å². The van der Waals surface area contributed by atoms with Gasteiger partial charge in [0.1, 0.15) is 0 Å². The lowest BCUT2D eigenvalue weighted by Gasteiger charge is -2.05. The van der Waals surface area contributed by atoms with Crippen LogP contribution in [-0.4, -0.2) is 15.3 Å². The van der Waals surface area contributed by atoms with Crippen LogP contribution in [0.3, 0.4) is 0 Å². The molecule has 0 saturated heterocycles. The fraction of sp³-hybridized carbons (Fsp3) is 0. The van der Waals surface area contributed by atoms with Crippen molar-refractivity contribution in [1.82, 2.24) is 0 Å². The summed E-state index contributed by atoms with van der Waals surface area (Å²) < 4.78 is 0. The highest BCUT2D eigenvalue weighted by Gasteiger charge is 2.11. The first-order valence-corrected chi connectivity index (χ1v) is 6.01. The maximum Gasteiger partial charge on any atom is 0.200 e. The fourth-order valence-corrected chi connectivity index (χ4v) is 1.79. The molecule has 0 saturated carbocycles. The quantitative estimate of drug-likeness (QED) is 0.448. The highest BCUT2D eigenvalue weighted by Crippen LogP contribution is 2.37. The lowest BCUT2D eigenvalue weighted by Crippen LogP contribution is -1.83. The summed E-state index contributed by atoms with van der Waals surface area (Å²) in [4.78, 5) is 0. The van der Waals surface area contributed by atoms with Gasteiger partial charge in [-0.3, -0.25) is 0 Å². The average Bonchev–Trinajstić information content (AvgIpc) is 2.43. The first-order chi connectivity index (χ1) is 9.51. The van der Waals surface area contributed by atoms with Gasteiger partial charge in [0.15, 0.2) is 17.2 Å². The number of hydrogen-bond donors (Lipinski definition) is 3. The van der Waals surface area contributed by atoms with Crippen molar-refractivity contribution in [3.8, 4) is 23.3 Å². The number of phenols is 3. The summed E-state index contributed by atoms with van der Waals surface area (Å²) in [5.74, 6) is -1.59. The first kappa shape index (κ1) is 13.8. The zero-order chi connectivity index (χ0) is 14.7. The van der Waals surface area contributed by atoms with E-state index in [1.54, 1.807) is 30.3 Å². The van der Waals surface area contributed by atoms with Crippen molar-refractivity contribution in [2.75, 3.05) is 0 Å². The molecule has 20 heavy (non-hydrogen) atoms. The van der Waals surface area contributed by atoms with E-state index in [-0.39, 0.29) is 5.57 Å². The molecule has 0 aliphatic rings. The van der Waals surface area contributed by atoms with Gasteiger partial charge in [0.25, 0.3) is 0 Å². The van der Waals surface area contributed by atoms with Gasteiger partial charge in [0.2, 0.25) is 0 Å². The molecule has 0 spiro atoms. The zero-order valence-corrected chi connectivity index (χ0v) is 11.0. The van der Waals surface area contributed by atoms with Gasteiger partial charge in [-0.15, -0.1) is 0 Å². The third-order valence-corrected chi connectivity index (χ3v) is 2.93. The molecule has 2 aromatic carbocycles. The van der Waals surface area contributed by atoms with E-state index in [1.807, 2.05) is 6.07 Å². The number of aromatic hydroxyl groups is 3. The third kappa shape index (κ3) is 2.85. The number of hydrogen-bond acceptors (Lipinski definition) is 4. The molecule has 0 aromatic heterocycles. The summed E-state index contributed by atoms with van der Waals surface area (Å²) in [5, 5.41) is 38.0. The van der Waals surface area contributed by atoms with E-state index in [0.29, 0.717) is 10.6 Å². The predicted octanol–water partition coefficient (Wildman–Crippen LogP) is 3.52. The molecule has 100 valence electrons. The Morgan fingerprint density at radius 3 is 2.10 bits per heavy atom. The topological polar surface area (TPSA) is 84.5 Å². The second-order valence-electron chi connectivity index (χ2n) is 4.08. The molecule has 0 radical (unpaired) electrons. The highest BCUT2D eigenvalue weighted by molar-refractivity contribution is 6.30. The Bertz CT molecular complexity index is 692. The monoisotopic (exact) mass is 287 g/mol. The lowest BCUT2D eigenvalue weighted by atomic mass is 10.0. The van der Waals surface area contributed by atoms with Gasteiger partial charge >= 0.3 is 0 Å². The van der Waals surface area contributed by atoms with Crippen LogP contribution >= 0.6 is 11.6 Å². The fourth-order valence-electron chi connectivity index (χ4n) is 1.67. The zero-order valence-electron chi connectivity index (χ0n) is 10.2. The minimum Gasteiger partial charge on any atom is -0.504 e. The Hall–Kier alpha value is -2.64. The molecule has 0 aliphatic carbocycles. The average molecular weight is 288 g/mol. The molecule has 0 unspecified atom stereocenters. The number of nitriles is 1. The molecule has 2 rings (SSSR count). The Morgan fingerprint density at radius 2 is 1.60 bits per heavy atom. The van der Waals surface area contributed by atoms with Crippen LogP contribution < -0.4 is 0 Å². The van der Waals surface area contributed by atoms with Crippen LogP contribution in [0, 0.1) is 11.3 Å². The molecular weight excluding hydrogens is 278 g/mol. The largest absolute Gasteiger partial charge is 0.504 e. The van der Waals surface area contributed by atoms with Crippen LogP contribution in [0.4, 0.5) is 0 Å². The molecule has 0 bridgehead atoms. The Morgan fingerprint density at radius 1 is 1.05 bits per heavy atom. The van der Waals surface area contributed by atoms with Crippen LogP contribution in [0.15, 0.2) is 36.4 Å². The Kier molecular flexibility index (Phi) is 3.83. The predicted molar refractivity (Wildman–Crippen MR) is 76.4 cm³/mol. The lowest BCUT2D eigenvalue weighted by molar-refractivity contribution is 0.368. The summed E-state index contributed by atoms with van der Waals surface area (Å²) in [7, 11) is 0. The van der Waals surface area contributed by atoms with Crippen LogP contribution in [0.2, 0.25) is 5.02 Å². The van der Waals surface area contributed by atoms with E-state index >= 15 is 0 Å². The Balaban J connectivity index is 2.48. The van der Waals surface area contributed by atoms with Gasteiger partial charge in [0.05, 0.1) is 11.6 Å². The van der Waals surface area contributed by atoms with Gasteiger partial charge < -0.3 is 15.3 Å². The first-order valence-electron chi connectivity index (χ1n) is 5.64. The van der Waals surface area contributed by atoms with Gasteiger partial charge in [-0.2, -0.15) is 5.26 Å². The molecule has 0 amide bonds. The van der Waals surface area contributed by atoms with E-state index in [1.165, 1.54) is 12.1 Å². The van der Waals surface area contributed by atoms with Gasteiger partial charge in [0, 0.05) is 5.02 Å². The van der Waals surface area contributed by atoms with Gasteiger partial charge in [-0.25, -0.2) is 0 Å². The van der Waals surface area contributed by atoms with Crippen molar-refractivity contribution < 1.29 is 15.3 Å². The van der Waals surface area contributed by atoms with Crippen LogP contribution in [0.5, 0.6) is 17.2 Å². The number of halogens is 1. The summed E-state index contributed by atoms with van der Waals surface area (Å²) >= 11 is 5.78. The number of benzene rings is 2. The van der Waals surface area contributed by atoms with Crippen molar-refractivity contribution in [2.24, 2.45) is 0 Å². The second kappa shape index (κ2) is 5.55. The highest BCUT2D eigenvalue weighted by atomic mass is 35.5. The summed E-state index contributed by atoms with van der Waals surface area (Å²) in [6.07, 6.45) is 1.58. The molecule has 4 nitrogen and oxygen atoms in total. The van der Waals surface area contributed by atoms with Crippen molar-refractivity contribution >= 4 is 23.3 Å². The van der Waals surface area contributed by atoms with E-state index in [4.69, 9.17) is 11.6 Å². The van der Waals surface area contributed by atoms with Crippen LogP contribution in [-0.2, 0) is 0 Å². The van der Waals surface area contributed by atoms with Gasteiger partial charge in [-0.1, -0.05) is 23.7 Å². The van der Waals surface area contributed by atoms with Crippen molar-refractivity contribution in [3.63, 3.8) is 0 Å². The molecular formula is C15H10ClNO3. The van der Waals surface area contributed by atoms with E-state index < -0.39 is 17.2 Å². The van der Waals surface area contributed by atoms with E-state index in [9.17, 15) is 20.6 Å². The minimum absolute atomic E-state index is 0.234. The Labute approximate surface area is 120 Å². The molecule has 0 atom stereocenters. The molecule has 2 aromatic rings. The van der Waals surface area contributed by atoms with Crippen molar-refractivity contribution in [3.05, 3.63) is 52.5 Å². The maximum atomic E-state index is 9.46. The van der Waals surface area contributed by atoms with Crippen molar-refractivity contribution in [2.45, 2.75) is 0 Å². The van der Waals surface area contributed by atoms with Crippen LogP contribution in [0.25, 0.3) is 11.6 Å². The minimum atomic E-state index is -0.613. The summed E-state index contributed by atoms with van der Waals surface area (Å²) in [6, 6.07) is 11.2. The molecule has 0 heterocycles. The summed E-state index contributed by atoms with van der Waals surface area (Å²) in [5.41, 5.74) is 1.28. The number of allylic oxidation sites excluding steroid dienone is 1. The molecule has 3 N–H and O–H groups in total. The SMILES string of the molecule is N#CC(=Cc1ccc(Cl)cc1)c1cc(O)c(O)c(O)c1. The summed E-state index contributed by atoms with van der Waals surface area (Å²) in [6.45, 7) is 0. The van der Waals surface area contributed by atoms with E-state index in [0.717, 1.165) is 5.56 Å². The molecule has 0 fully saturated rings. The normalized spacial score (nSPS) is 11.1. The number of phenolic OH excluding ortho intramolecular Hbond substituents is 3. The van der Waals surface area contributed by atoms with Crippen molar-refractivity contribution in [1.29, 1.82) is 5.26 Å². The number of nitrogens with zero attached hydrogens (tertiary/aromatic N) is 1. The standard InChI is InChI=1S/C15H10ClNO3/c16-12-3-1-9(2-4-12)5-11(8-17)10-6-13(18)15(20)14(19)7-10/h1-7,18-20H. The smallest absolute Gasteiger partial charge is 0.200 e. The molecule has 0 aliphatic heterocycles. The third-order valence-electron chi connectivity index (χ3n) is 2.68.